The third-order valence-corrected chi connectivity index (χ3v) is 5.75. The van der Waals surface area contributed by atoms with Crippen molar-refractivity contribution in [3.8, 4) is 22.3 Å². The molecule has 5 heteroatoms. The molecule has 4 rings (SSSR count). The van der Waals surface area contributed by atoms with Gasteiger partial charge >= 0.3 is 0 Å². The molecule has 0 heterocycles. The lowest BCUT2D eigenvalue weighted by Crippen LogP contribution is -2.12. The van der Waals surface area contributed by atoms with Crippen LogP contribution in [0.1, 0.15) is 18.4 Å². The molecule has 132 valence electrons. The van der Waals surface area contributed by atoms with E-state index < -0.39 is 15.6 Å². The fraction of sp³-hybridized carbons (Fsp3) is 0.143. The van der Waals surface area contributed by atoms with Crippen molar-refractivity contribution in [1.29, 1.82) is 0 Å². The number of rotatable bonds is 4. The van der Waals surface area contributed by atoms with Gasteiger partial charge in [0.25, 0.3) is 0 Å². The van der Waals surface area contributed by atoms with E-state index in [-0.39, 0.29) is 4.90 Å². The Bertz CT molecular complexity index is 1070. The number of nitrogens with two attached hydrogens (primary N) is 1. The average Bonchev–Trinajstić information content (AvgIpc) is 3.40. The Morgan fingerprint density at radius 1 is 0.808 bits per heavy atom. The first-order chi connectivity index (χ1) is 12.4. The van der Waals surface area contributed by atoms with Crippen LogP contribution in [0.3, 0.4) is 0 Å². The number of sulfonamides is 1. The Morgan fingerprint density at radius 3 is 2.15 bits per heavy atom. The van der Waals surface area contributed by atoms with E-state index in [1.165, 1.54) is 6.07 Å². The van der Waals surface area contributed by atoms with Gasteiger partial charge in [-0.15, -0.1) is 0 Å². The van der Waals surface area contributed by atoms with Crippen molar-refractivity contribution in [1.82, 2.24) is 0 Å². The van der Waals surface area contributed by atoms with E-state index in [9.17, 15) is 13.5 Å². The lowest BCUT2D eigenvalue weighted by molar-refractivity contribution is 0.151. The molecule has 3 aromatic rings. The standard InChI is InChI=1S/C21H19NO3S/c22-26(24,25)18-9-10-19(15-5-2-1-3-6-15)20(14-18)16-7-4-8-17(13-16)21(23)11-12-21/h1-10,13-14,23H,11-12H2,(H2,22,24,25). The molecule has 0 saturated heterocycles. The number of hydrogen-bond acceptors (Lipinski definition) is 3. The third-order valence-electron chi connectivity index (χ3n) is 4.84. The molecule has 0 aromatic heterocycles. The van der Waals surface area contributed by atoms with Gasteiger partial charge in [0.2, 0.25) is 10.0 Å². The smallest absolute Gasteiger partial charge is 0.238 e. The predicted molar refractivity (Wildman–Crippen MR) is 102 cm³/mol. The molecule has 0 spiro atoms. The second-order valence-corrected chi connectivity index (χ2v) is 8.29. The zero-order valence-corrected chi connectivity index (χ0v) is 14.9. The van der Waals surface area contributed by atoms with Crippen molar-refractivity contribution in [3.05, 3.63) is 78.4 Å². The van der Waals surface area contributed by atoms with Gasteiger partial charge in [0.1, 0.15) is 0 Å². The number of primary sulfonamides is 1. The minimum atomic E-state index is -3.81. The number of hydrogen-bond donors (Lipinski definition) is 2. The second kappa shape index (κ2) is 6.06. The van der Waals surface area contributed by atoms with E-state index in [0.717, 1.165) is 40.7 Å². The van der Waals surface area contributed by atoms with Gasteiger partial charge in [0.05, 0.1) is 10.5 Å². The van der Waals surface area contributed by atoms with E-state index in [1.807, 2.05) is 54.6 Å². The van der Waals surface area contributed by atoms with E-state index in [1.54, 1.807) is 12.1 Å². The highest BCUT2D eigenvalue weighted by Gasteiger charge is 2.42. The Balaban J connectivity index is 1.93. The Hall–Kier alpha value is -2.47. The van der Waals surface area contributed by atoms with E-state index in [4.69, 9.17) is 5.14 Å². The fourth-order valence-corrected chi connectivity index (χ4v) is 3.73. The second-order valence-electron chi connectivity index (χ2n) is 6.73. The summed E-state index contributed by atoms with van der Waals surface area (Å²) in [5.41, 5.74) is 3.63. The zero-order chi connectivity index (χ0) is 18.4. The highest BCUT2D eigenvalue weighted by atomic mass is 32.2. The zero-order valence-electron chi connectivity index (χ0n) is 14.1. The molecule has 26 heavy (non-hydrogen) atoms. The van der Waals surface area contributed by atoms with Crippen LogP contribution < -0.4 is 5.14 Å². The van der Waals surface area contributed by atoms with Gasteiger partial charge in [-0.05, 0) is 58.9 Å². The lowest BCUT2D eigenvalue weighted by atomic mass is 9.93. The molecule has 0 aliphatic heterocycles. The van der Waals surface area contributed by atoms with Crippen LogP contribution in [0.25, 0.3) is 22.3 Å². The van der Waals surface area contributed by atoms with Gasteiger partial charge < -0.3 is 5.11 Å². The maximum absolute atomic E-state index is 11.8. The number of benzene rings is 3. The molecule has 1 aliphatic rings. The van der Waals surface area contributed by atoms with Crippen LogP contribution in [0.2, 0.25) is 0 Å². The normalized spacial score (nSPS) is 15.6. The van der Waals surface area contributed by atoms with Gasteiger partial charge in [-0.25, -0.2) is 13.6 Å². The average molecular weight is 365 g/mol. The molecule has 1 fully saturated rings. The molecule has 0 radical (unpaired) electrons. The summed E-state index contributed by atoms with van der Waals surface area (Å²) in [7, 11) is -3.81. The van der Waals surface area contributed by atoms with Crippen molar-refractivity contribution in [2.45, 2.75) is 23.3 Å². The highest BCUT2D eigenvalue weighted by molar-refractivity contribution is 7.89. The van der Waals surface area contributed by atoms with Crippen LogP contribution in [0.4, 0.5) is 0 Å². The molecule has 0 bridgehead atoms. The number of aliphatic hydroxyl groups is 1. The van der Waals surface area contributed by atoms with E-state index >= 15 is 0 Å². The van der Waals surface area contributed by atoms with Crippen LogP contribution in [0.5, 0.6) is 0 Å². The van der Waals surface area contributed by atoms with Crippen LogP contribution in [0.15, 0.2) is 77.7 Å². The summed E-state index contributed by atoms with van der Waals surface area (Å²) in [6.07, 6.45) is 1.50. The first-order valence-electron chi connectivity index (χ1n) is 8.42. The maximum Gasteiger partial charge on any atom is 0.238 e. The SMILES string of the molecule is NS(=O)(=O)c1ccc(-c2ccccc2)c(-c2cccc(C3(O)CC3)c2)c1. The van der Waals surface area contributed by atoms with Gasteiger partial charge in [-0.2, -0.15) is 0 Å². The molecule has 0 amide bonds. The minimum absolute atomic E-state index is 0.0720. The first kappa shape index (κ1) is 17.0. The highest BCUT2D eigenvalue weighted by Crippen LogP contribution is 2.46. The summed E-state index contributed by atoms with van der Waals surface area (Å²) >= 11 is 0. The van der Waals surface area contributed by atoms with Crippen molar-refractivity contribution < 1.29 is 13.5 Å². The minimum Gasteiger partial charge on any atom is -0.385 e. The Labute approximate surface area is 153 Å². The molecule has 1 aliphatic carbocycles. The summed E-state index contributed by atoms with van der Waals surface area (Å²) in [5.74, 6) is 0. The largest absolute Gasteiger partial charge is 0.385 e. The van der Waals surface area contributed by atoms with Crippen LogP contribution in [-0.4, -0.2) is 13.5 Å². The maximum atomic E-state index is 11.8. The summed E-state index contributed by atoms with van der Waals surface area (Å²) in [5, 5.41) is 15.8. The third kappa shape index (κ3) is 3.17. The molecular weight excluding hydrogens is 346 g/mol. The van der Waals surface area contributed by atoms with Gasteiger partial charge in [-0.1, -0.05) is 54.6 Å². The molecule has 4 nitrogen and oxygen atoms in total. The molecule has 0 unspecified atom stereocenters. The lowest BCUT2D eigenvalue weighted by Gasteiger charge is -2.15. The molecular formula is C21H19NO3S. The van der Waals surface area contributed by atoms with Crippen molar-refractivity contribution in [2.75, 3.05) is 0 Å². The van der Waals surface area contributed by atoms with Crippen molar-refractivity contribution in [2.24, 2.45) is 5.14 Å². The Morgan fingerprint density at radius 2 is 1.50 bits per heavy atom. The van der Waals surface area contributed by atoms with Crippen LogP contribution >= 0.6 is 0 Å². The molecule has 3 N–H and O–H groups in total. The topological polar surface area (TPSA) is 80.4 Å². The monoisotopic (exact) mass is 365 g/mol. The summed E-state index contributed by atoms with van der Waals surface area (Å²) in [6, 6.07) is 22.3. The summed E-state index contributed by atoms with van der Waals surface area (Å²) in [6.45, 7) is 0. The van der Waals surface area contributed by atoms with Gasteiger partial charge in [-0.3, -0.25) is 0 Å². The Kier molecular flexibility index (Phi) is 3.95. The fourth-order valence-electron chi connectivity index (χ4n) is 3.19. The summed E-state index contributed by atoms with van der Waals surface area (Å²) < 4.78 is 23.7. The quantitative estimate of drug-likeness (QED) is 0.740. The molecule has 0 atom stereocenters. The van der Waals surface area contributed by atoms with Crippen molar-refractivity contribution in [3.63, 3.8) is 0 Å². The molecule has 1 saturated carbocycles. The van der Waals surface area contributed by atoms with Gasteiger partial charge in [0.15, 0.2) is 0 Å². The summed E-state index contributed by atoms with van der Waals surface area (Å²) in [4.78, 5) is 0.0720. The first-order valence-corrected chi connectivity index (χ1v) is 9.97. The van der Waals surface area contributed by atoms with Crippen LogP contribution in [-0.2, 0) is 15.6 Å². The van der Waals surface area contributed by atoms with E-state index in [2.05, 4.69) is 0 Å². The predicted octanol–water partition coefficient (Wildman–Crippen LogP) is 3.65. The molecule has 3 aromatic carbocycles. The van der Waals surface area contributed by atoms with Crippen molar-refractivity contribution >= 4 is 10.0 Å². The van der Waals surface area contributed by atoms with E-state index in [0.29, 0.717) is 0 Å². The van der Waals surface area contributed by atoms with Gasteiger partial charge in [0, 0.05) is 0 Å². The van der Waals surface area contributed by atoms with Crippen LogP contribution in [0, 0.1) is 0 Å².